The van der Waals surface area contributed by atoms with E-state index in [0.29, 0.717) is 29.0 Å². The molecular formula is C17H14ClF3N2. The van der Waals surface area contributed by atoms with E-state index in [1.54, 1.807) is 12.1 Å². The molecule has 1 heterocycles. The summed E-state index contributed by atoms with van der Waals surface area (Å²) in [6.07, 6.45) is -3.82. The van der Waals surface area contributed by atoms with Crippen LogP contribution >= 0.6 is 11.6 Å². The Balaban J connectivity index is 2.04. The SMILES string of the molecule is CCn1c(Cc2ccc(Cl)cc2)nc2cc(C(F)(F)F)ccc21. The van der Waals surface area contributed by atoms with Crippen molar-refractivity contribution in [1.29, 1.82) is 0 Å². The van der Waals surface area contributed by atoms with E-state index in [0.717, 1.165) is 23.5 Å². The molecule has 3 rings (SSSR count). The molecule has 0 aliphatic rings. The number of hydrogen-bond acceptors (Lipinski definition) is 1. The van der Waals surface area contributed by atoms with E-state index in [4.69, 9.17) is 11.6 Å². The van der Waals surface area contributed by atoms with Crippen LogP contribution in [0.25, 0.3) is 11.0 Å². The minimum atomic E-state index is -4.36. The van der Waals surface area contributed by atoms with Crippen molar-refractivity contribution in [2.45, 2.75) is 26.1 Å². The highest BCUT2D eigenvalue weighted by Gasteiger charge is 2.31. The third-order valence-electron chi connectivity index (χ3n) is 3.75. The van der Waals surface area contributed by atoms with Crippen LogP contribution in [0.15, 0.2) is 42.5 Å². The molecule has 0 N–H and O–H groups in total. The molecule has 2 nitrogen and oxygen atoms in total. The first-order valence-corrected chi connectivity index (χ1v) is 7.57. The van der Waals surface area contributed by atoms with Gasteiger partial charge in [-0.05, 0) is 42.8 Å². The van der Waals surface area contributed by atoms with Gasteiger partial charge in [0, 0.05) is 18.0 Å². The molecule has 0 saturated carbocycles. The molecule has 0 amide bonds. The number of rotatable bonds is 3. The molecule has 0 bridgehead atoms. The largest absolute Gasteiger partial charge is 0.416 e. The van der Waals surface area contributed by atoms with Crippen molar-refractivity contribution in [2.24, 2.45) is 0 Å². The second-order valence-corrected chi connectivity index (χ2v) is 5.71. The van der Waals surface area contributed by atoms with Gasteiger partial charge in [0.25, 0.3) is 0 Å². The number of aromatic nitrogens is 2. The molecule has 2 aromatic carbocycles. The van der Waals surface area contributed by atoms with Crippen LogP contribution in [0.3, 0.4) is 0 Å². The van der Waals surface area contributed by atoms with E-state index in [9.17, 15) is 13.2 Å². The zero-order valence-electron chi connectivity index (χ0n) is 12.4. The van der Waals surface area contributed by atoms with Crippen LogP contribution in [0.2, 0.25) is 5.02 Å². The average Bonchev–Trinajstić information content (AvgIpc) is 2.84. The van der Waals surface area contributed by atoms with Gasteiger partial charge in [-0.2, -0.15) is 13.2 Å². The van der Waals surface area contributed by atoms with Crippen LogP contribution in [0, 0.1) is 0 Å². The molecule has 0 unspecified atom stereocenters. The predicted molar refractivity (Wildman–Crippen MR) is 84.7 cm³/mol. The summed E-state index contributed by atoms with van der Waals surface area (Å²) in [6, 6.07) is 11.1. The normalized spacial score (nSPS) is 12.0. The van der Waals surface area contributed by atoms with Crippen molar-refractivity contribution in [3.05, 3.63) is 64.4 Å². The summed E-state index contributed by atoms with van der Waals surface area (Å²) >= 11 is 5.87. The average molecular weight is 339 g/mol. The molecule has 0 aliphatic heterocycles. The van der Waals surface area contributed by atoms with Gasteiger partial charge in [-0.1, -0.05) is 23.7 Å². The summed E-state index contributed by atoms with van der Waals surface area (Å²) in [6.45, 7) is 2.59. The summed E-state index contributed by atoms with van der Waals surface area (Å²) < 4.78 is 40.5. The van der Waals surface area contributed by atoms with Crippen LogP contribution in [-0.4, -0.2) is 9.55 Å². The standard InChI is InChI=1S/C17H14ClF3N2/c1-2-23-15-8-5-12(17(19,20)21)10-14(15)22-16(23)9-11-3-6-13(18)7-4-11/h3-8,10H,2,9H2,1H3. The number of halogens is 4. The Hall–Kier alpha value is -2.01. The van der Waals surface area contributed by atoms with Crippen LogP contribution in [0.1, 0.15) is 23.9 Å². The van der Waals surface area contributed by atoms with Crippen molar-refractivity contribution < 1.29 is 13.2 Å². The fourth-order valence-corrected chi connectivity index (χ4v) is 2.75. The van der Waals surface area contributed by atoms with Crippen molar-refractivity contribution in [1.82, 2.24) is 9.55 Å². The summed E-state index contributed by atoms with van der Waals surface area (Å²) in [5.41, 5.74) is 1.41. The van der Waals surface area contributed by atoms with Gasteiger partial charge in [-0.3, -0.25) is 0 Å². The minimum absolute atomic E-state index is 0.366. The monoisotopic (exact) mass is 338 g/mol. The van der Waals surface area contributed by atoms with Gasteiger partial charge in [-0.25, -0.2) is 4.98 Å². The first kappa shape index (κ1) is 15.9. The summed E-state index contributed by atoms with van der Waals surface area (Å²) in [5, 5.41) is 0.646. The number of alkyl halides is 3. The third kappa shape index (κ3) is 3.20. The lowest BCUT2D eigenvalue weighted by atomic mass is 10.1. The Morgan fingerprint density at radius 2 is 1.78 bits per heavy atom. The zero-order valence-corrected chi connectivity index (χ0v) is 13.1. The zero-order chi connectivity index (χ0) is 16.6. The maximum Gasteiger partial charge on any atom is 0.416 e. The molecule has 0 spiro atoms. The van der Waals surface area contributed by atoms with Crippen molar-refractivity contribution in [2.75, 3.05) is 0 Å². The minimum Gasteiger partial charge on any atom is -0.328 e. The molecule has 0 fully saturated rings. The van der Waals surface area contributed by atoms with Gasteiger partial charge in [0.2, 0.25) is 0 Å². The van der Waals surface area contributed by atoms with Crippen LogP contribution in [0.4, 0.5) is 13.2 Å². The maximum absolute atomic E-state index is 12.8. The van der Waals surface area contributed by atoms with Gasteiger partial charge < -0.3 is 4.57 Å². The van der Waals surface area contributed by atoms with Crippen molar-refractivity contribution in [3.8, 4) is 0 Å². The molecular weight excluding hydrogens is 325 g/mol. The number of benzene rings is 2. The number of hydrogen-bond donors (Lipinski definition) is 0. The molecule has 0 saturated heterocycles. The van der Waals surface area contributed by atoms with Gasteiger partial charge in [-0.15, -0.1) is 0 Å². The second kappa shape index (κ2) is 5.89. The number of fused-ring (bicyclic) bond motifs is 1. The Kier molecular flexibility index (Phi) is 4.06. The molecule has 1 aromatic heterocycles. The Bertz CT molecular complexity index is 835. The first-order valence-electron chi connectivity index (χ1n) is 7.19. The third-order valence-corrected chi connectivity index (χ3v) is 4.00. The van der Waals surface area contributed by atoms with E-state index in [1.165, 1.54) is 6.07 Å². The van der Waals surface area contributed by atoms with Crippen molar-refractivity contribution in [3.63, 3.8) is 0 Å². The highest BCUT2D eigenvalue weighted by molar-refractivity contribution is 6.30. The van der Waals surface area contributed by atoms with Gasteiger partial charge in [0.1, 0.15) is 5.82 Å². The van der Waals surface area contributed by atoms with Gasteiger partial charge in [0.05, 0.1) is 16.6 Å². The van der Waals surface area contributed by atoms with Gasteiger partial charge in [0.15, 0.2) is 0 Å². The van der Waals surface area contributed by atoms with E-state index >= 15 is 0 Å². The molecule has 0 aliphatic carbocycles. The lowest BCUT2D eigenvalue weighted by molar-refractivity contribution is -0.137. The summed E-state index contributed by atoms with van der Waals surface area (Å²) in [4.78, 5) is 4.41. The quantitative estimate of drug-likeness (QED) is 0.632. The first-order chi connectivity index (χ1) is 10.9. The van der Waals surface area contributed by atoms with Crippen molar-refractivity contribution >= 4 is 22.6 Å². The molecule has 3 aromatic rings. The Labute approximate surface area is 136 Å². The van der Waals surface area contributed by atoms with E-state index < -0.39 is 11.7 Å². The smallest absolute Gasteiger partial charge is 0.328 e. The second-order valence-electron chi connectivity index (χ2n) is 5.28. The molecule has 6 heteroatoms. The van der Waals surface area contributed by atoms with E-state index in [1.807, 2.05) is 23.6 Å². The van der Waals surface area contributed by atoms with E-state index in [-0.39, 0.29) is 0 Å². The lowest BCUT2D eigenvalue weighted by Gasteiger charge is -2.07. The maximum atomic E-state index is 12.8. The number of imidazole rings is 1. The topological polar surface area (TPSA) is 17.8 Å². The fraction of sp³-hybridized carbons (Fsp3) is 0.235. The summed E-state index contributed by atoms with van der Waals surface area (Å²) in [7, 11) is 0. The summed E-state index contributed by atoms with van der Waals surface area (Å²) in [5.74, 6) is 0.740. The molecule has 0 radical (unpaired) electrons. The van der Waals surface area contributed by atoms with Crippen LogP contribution in [-0.2, 0) is 19.1 Å². The van der Waals surface area contributed by atoms with Crippen LogP contribution in [0.5, 0.6) is 0 Å². The number of aryl methyl sites for hydroxylation is 1. The Morgan fingerprint density at radius 1 is 1.09 bits per heavy atom. The Morgan fingerprint density at radius 3 is 2.39 bits per heavy atom. The van der Waals surface area contributed by atoms with Gasteiger partial charge >= 0.3 is 6.18 Å². The molecule has 23 heavy (non-hydrogen) atoms. The molecule has 0 atom stereocenters. The number of nitrogens with zero attached hydrogens (tertiary/aromatic N) is 2. The van der Waals surface area contributed by atoms with Crippen LogP contribution < -0.4 is 0 Å². The fourth-order valence-electron chi connectivity index (χ4n) is 2.63. The predicted octanol–water partition coefficient (Wildman–Crippen LogP) is 5.32. The lowest BCUT2D eigenvalue weighted by Crippen LogP contribution is -2.04. The van der Waals surface area contributed by atoms with E-state index in [2.05, 4.69) is 4.98 Å². The highest BCUT2D eigenvalue weighted by Crippen LogP contribution is 2.31. The molecule has 120 valence electrons. The highest BCUT2D eigenvalue weighted by atomic mass is 35.5.